The zero-order valence-corrected chi connectivity index (χ0v) is 12.8. The Bertz CT molecular complexity index is 522. The number of nitrogens with one attached hydrogen (secondary N) is 1. The van der Waals surface area contributed by atoms with Crippen LogP contribution in [0, 0.1) is 5.92 Å². The minimum atomic E-state index is -0.286. The minimum Gasteiger partial charge on any atom is -0.467 e. The van der Waals surface area contributed by atoms with Crippen LogP contribution in [0.15, 0.2) is 22.8 Å². The van der Waals surface area contributed by atoms with E-state index >= 15 is 0 Å². The number of carbonyl (C=O) groups is 2. The molecule has 2 amide bonds. The zero-order valence-electron chi connectivity index (χ0n) is 12.8. The third-order valence-corrected chi connectivity index (χ3v) is 4.40. The summed E-state index contributed by atoms with van der Waals surface area (Å²) in [4.78, 5) is 26.1. The molecule has 0 aromatic carbocycles. The van der Waals surface area contributed by atoms with E-state index in [4.69, 9.17) is 9.15 Å². The van der Waals surface area contributed by atoms with Gasteiger partial charge in [-0.15, -0.1) is 0 Å². The Morgan fingerprint density at radius 1 is 1.55 bits per heavy atom. The molecule has 1 N–H and O–H groups in total. The van der Waals surface area contributed by atoms with Crippen LogP contribution >= 0.6 is 0 Å². The molecule has 6 heteroatoms. The molecule has 2 aliphatic rings. The lowest BCUT2D eigenvalue weighted by atomic mass is 10.1. The lowest BCUT2D eigenvalue weighted by molar-refractivity contribution is -0.129. The quantitative estimate of drug-likeness (QED) is 0.890. The summed E-state index contributed by atoms with van der Waals surface area (Å²) in [7, 11) is 0. The van der Waals surface area contributed by atoms with Gasteiger partial charge in [0.05, 0.1) is 30.9 Å². The molecule has 2 aliphatic heterocycles. The van der Waals surface area contributed by atoms with E-state index in [9.17, 15) is 9.59 Å². The molecule has 2 saturated heterocycles. The number of rotatable bonds is 5. The normalized spacial score (nSPS) is 26.4. The SMILES string of the molecule is CC(NC(=O)C1CC(=O)N(Cc2ccco2)C1)C1CCCO1. The van der Waals surface area contributed by atoms with Crippen LogP contribution in [0.2, 0.25) is 0 Å². The standard InChI is InChI=1S/C16H22N2O4/c1-11(14-5-3-7-22-14)17-16(20)12-8-15(19)18(9-12)10-13-4-2-6-21-13/h2,4,6,11-12,14H,3,5,7-10H2,1H3,(H,17,20). The Kier molecular flexibility index (Phi) is 4.47. The number of hydrogen-bond acceptors (Lipinski definition) is 4. The van der Waals surface area contributed by atoms with Crippen LogP contribution in [0.5, 0.6) is 0 Å². The monoisotopic (exact) mass is 306 g/mol. The summed E-state index contributed by atoms with van der Waals surface area (Å²) in [5, 5.41) is 3.00. The zero-order chi connectivity index (χ0) is 15.5. The van der Waals surface area contributed by atoms with Gasteiger partial charge in [0.15, 0.2) is 0 Å². The van der Waals surface area contributed by atoms with Crippen LogP contribution in [0.3, 0.4) is 0 Å². The summed E-state index contributed by atoms with van der Waals surface area (Å²) < 4.78 is 10.8. The van der Waals surface area contributed by atoms with Crippen molar-refractivity contribution in [3.05, 3.63) is 24.2 Å². The minimum absolute atomic E-state index is 0.00122. The van der Waals surface area contributed by atoms with Gasteiger partial charge in [0, 0.05) is 19.6 Å². The van der Waals surface area contributed by atoms with E-state index in [1.807, 2.05) is 13.0 Å². The Hall–Kier alpha value is -1.82. The first kappa shape index (κ1) is 15.1. The molecule has 3 unspecified atom stereocenters. The number of carbonyl (C=O) groups excluding carboxylic acids is 2. The second-order valence-electron chi connectivity index (χ2n) is 6.10. The first-order chi connectivity index (χ1) is 10.6. The van der Waals surface area contributed by atoms with Crippen molar-refractivity contribution >= 4 is 11.8 Å². The average molecular weight is 306 g/mol. The van der Waals surface area contributed by atoms with Crippen molar-refractivity contribution in [3.8, 4) is 0 Å². The molecule has 22 heavy (non-hydrogen) atoms. The summed E-state index contributed by atoms with van der Waals surface area (Å²) in [6, 6.07) is 3.62. The van der Waals surface area contributed by atoms with Crippen molar-refractivity contribution in [2.75, 3.05) is 13.2 Å². The molecular weight excluding hydrogens is 284 g/mol. The van der Waals surface area contributed by atoms with Crippen molar-refractivity contribution < 1.29 is 18.7 Å². The van der Waals surface area contributed by atoms with E-state index in [2.05, 4.69) is 5.32 Å². The maximum atomic E-state index is 12.3. The predicted molar refractivity (Wildman–Crippen MR) is 78.8 cm³/mol. The summed E-state index contributed by atoms with van der Waals surface area (Å²) in [6.07, 6.45) is 3.98. The summed E-state index contributed by atoms with van der Waals surface area (Å²) in [6.45, 7) is 3.61. The Morgan fingerprint density at radius 3 is 3.09 bits per heavy atom. The number of likely N-dealkylation sites (tertiary alicyclic amines) is 1. The van der Waals surface area contributed by atoms with Crippen molar-refractivity contribution in [2.45, 2.75) is 44.9 Å². The van der Waals surface area contributed by atoms with Gasteiger partial charge in [0.1, 0.15) is 5.76 Å². The first-order valence-corrected chi connectivity index (χ1v) is 7.85. The molecule has 0 spiro atoms. The molecule has 0 bridgehead atoms. The van der Waals surface area contributed by atoms with E-state index in [-0.39, 0.29) is 36.3 Å². The van der Waals surface area contributed by atoms with E-state index in [0.29, 0.717) is 13.1 Å². The molecule has 6 nitrogen and oxygen atoms in total. The second kappa shape index (κ2) is 6.52. The van der Waals surface area contributed by atoms with Gasteiger partial charge in [0.25, 0.3) is 0 Å². The van der Waals surface area contributed by atoms with E-state index < -0.39 is 0 Å². The van der Waals surface area contributed by atoms with Gasteiger partial charge < -0.3 is 19.4 Å². The van der Waals surface area contributed by atoms with Crippen LogP contribution in [-0.2, 0) is 20.9 Å². The smallest absolute Gasteiger partial charge is 0.225 e. The number of ether oxygens (including phenoxy) is 1. The average Bonchev–Trinajstić information content (AvgIpc) is 3.22. The summed E-state index contributed by atoms with van der Waals surface area (Å²) >= 11 is 0. The fraction of sp³-hybridized carbons (Fsp3) is 0.625. The van der Waals surface area contributed by atoms with E-state index in [1.165, 1.54) is 0 Å². The Labute approximate surface area is 129 Å². The Balaban J connectivity index is 1.52. The molecule has 1 aromatic rings. The molecule has 3 rings (SSSR count). The number of hydrogen-bond donors (Lipinski definition) is 1. The van der Waals surface area contributed by atoms with Crippen molar-refractivity contribution in [1.82, 2.24) is 10.2 Å². The Morgan fingerprint density at radius 2 is 2.41 bits per heavy atom. The largest absolute Gasteiger partial charge is 0.467 e. The maximum absolute atomic E-state index is 12.3. The van der Waals surface area contributed by atoms with Crippen molar-refractivity contribution in [3.63, 3.8) is 0 Å². The number of amides is 2. The highest BCUT2D eigenvalue weighted by molar-refractivity contribution is 5.89. The molecule has 0 aliphatic carbocycles. The third kappa shape index (κ3) is 3.32. The molecule has 3 atom stereocenters. The lowest BCUT2D eigenvalue weighted by Crippen LogP contribution is -2.44. The molecule has 3 heterocycles. The first-order valence-electron chi connectivity index (χ1n) is 7.85. The highest BCUT2D eigenvalue weighted by Crippen LogP contribution is 2.22. The third-order valence-electron chi connectivity index (χ3n) is 4.40. The van der Waals surface area contributed by atoms with Crippen LogP contribution in [0.1, 0.15) is 31.9 Å². The highest BCUT2D eigenvalue weighted by atomic mass is 16.5. The predicted octanol–water partition coefficient (Wildman–Crippen LogP) is 1.31. The molecule has 120 valence electrons. The molecule has 2 fully saturated rings. The van der Waals surface area contributed by atoms with Gasteiger partial charge >= 0.3 is 0 Å². The highest BCUT2D eigenvalue weighted by Gasteiger charge is 2.36. The molecule has 0 saturated carbocycles. The number of nitrogens with zero attached hydrogens (tertiary/aromatic N) is 1. The molecular formula is C16H22N2O4. The van der Waals surface area contributed by atoms with Crippen molar-refractivity contribution in [2.24, 2.45) is 5.92 Å². The van der Waals surface area contributed by atoms with Gasteiger partial charge in [-0.25, -0.2) is 0 Å². The van der Waals surface area contributed by atoms with Gasteiger partial charge in [-0.3, -0.25) is 9.59 Å². The van der Waals surface area contributed by atoms with Crippen LogP contribution < -0.4 is 5.32 Å². The topological polar surface area (TPSA) is 71.8 Å². The van der Waals surface area contributed by atoms with E-state index in [1.54, 1.807) is 17.2 Å². The van der Waals surface area contributed by atoms with Gasteiger partial charge in [0.2, 0.25) is 11.8 Å². The van der Waals surface area contributed by atoms with Crippen LogP contribution in [-0.4, -0.2) is 42.0 Å². The summed E-state index contributed by atoms with van der Waals surface area (Å²) in [5.74, 6) is 0.396. The number of furan rings is 1. The second-order valence-corrected chi connectivity index (χ2v) is 6.10. The fourth-order valence-electron chi connectivity index (χ4n) is 3.12. The summed E-state index contributed by atoms with van der Waals surface area (Å²) in [5.41, 5.74) is 0. The van der Waals surface area contributed by atoms with Crippen molar-refractivity contribution in [1.29, 1.82) is 0 Å². The lowest BCUT2D eigenvalue weighted by Gasteiger charge is -2.22. The molecule has 0 radical (unpaired) electrons. The van der Waals surface area contributed by atoms with Crippen LogP contribution in [0.25, 0.3) is 0 Å². The van der Waals surface area contributed by atoms with Crippen LogP contribution in [0.4, 0.5) is 0 Å². The van der Waals surface area contributed by atoms with Gasteiger partial charge in [-0.2, -0.15) is 0 Å². The maximum Gasteiger partial charge on any atom is 0.225 e. The van der Waals surface area contributed by atoms with E-state index in [0.717, 1.165) is 25.2 Å². The van der Waals surface area contributed by atoms with Gasteiger partial charge in [-0.05, 0) is 31.9 Å². The van der Waals surface area contributed by atoms with Gasteiger partial charge in [-0.1, -0.05) is 0 Å². The molecule has 1 aromatic heterocycles. The fourth-order valence-corrected chi connectivity index (χ4v) is 3.12.